The molecule has 3 aliphatic heterocycles. The molecular formula is C21H30N2O5. The van der Waals surface area contributed by atoms with Gasteiger partial charge in [0, 0.05) is 43.5 Å². The molecule has 154 valence electrons. The van der Waals surface area contributed by atoms with E-state index in [2.05, 4.69) is 5.32 Å². The molecule has 4 rings (SSSR count). The number of alkyl carbamates (subject to hydrolysis) is 1. The Labute approximate surface area is 165 Å². The maximum absolute atomic E-state index is 13.4. The number of ether oxygens (including phenoxy) is 2. The zero-order valence-corrected chi connectivity index (χ0v) is 17.1. The predicted octanol–water partition coefficient (Wildman–Crippen LogP) is 2.54. The molecule has 7 heteroatoms. The number of hydrogen-bond donors (Lipinski definition) is 1. The summed E-state index contributed by atoms with van der Waals surface area (Å²) in [4.78, 5) is 39.5. The quantitative estimate of drug-likeness (QED) is 0.744. The molecule has 28 heavy (non-hydrogen) atoms. The Kier molecular flexibility index (Phi) is 4.67. The van der Waals surface area contributed by atoms with Crippen molar-refractivity contribution in [3.05, 3.63) is 11.3 Å². The summed E-state index contributed by atoms with van der Waals surface area (Å²) < 4.78 is 11.7. The number of nitrogens with one attached hydrogen (secondary N) is 1. The molecule has 0 bridgehead atoms. The molecule has 2 saturated heterocycles. The van der Waals surface area contributed by atoms with Crippen LogP contribution in [0.3, 0.4) is 0 Å². The second-order valence-electron chi connectivity index (χ2n) is 9.55. The summed E-state index contributed by atoms with van der Waals surface area (Å²) >= 11 is 0. The number of amides is 2. The molecule has 1 N–H and O–H groups in total. The van der Waals surface area contributed by atoms with Crippen LogP contribution in [0.1, 0.15) is 59.8 Å². The smallest absolute Gasteiger partial charge is 0.407 e. The summed E-state index contributed by atoms with van der Waals surface area (Å²) in [7, 11) is 0. The Morgan fingerprint density at radius 2 is 2.00 bits per heavy atom. The predicted molar refractivity (Wildman–Crippen MR) is 101 cm³/mol. The van der Waals surface area contributed by atoms with E-state index in [9.17, 15) is 14.4 Å². The van der Waals surface area contributed by atoms with Crippen LogP contribution in [0.4, 0.5) is 4.79 Å². The first-order chi connectivity index (χ1) is 13.1. The number of nitrogens with zero attached hydrogens (tertiary/aromatic N) is 1. The molecule has 0 radical (unpaired) electrons. The number of Topliss-reactive ketones (excluding diaryl/α,β-unsaturated/α-hetero) is 1. The number of ketones is 1. The molecule has 1 aliphatic carbocycles. The van der Waals surface area contributed by atoms with E-state index in [0.717, 1.165) is 17.8 Å². The van der Waals surface area contributed by atoms with E-state index in [1.165, 1.54) is 0 Å². The van der Waals surface area contributed by atoms with Crippen molar-refractivity contribution in [3.63, 3.8) is 0 Å². The van der Waals surface area contributed by atoms with Crippen molar-refractivity contribution in [1.82, 2.24) is 10.2 Å². The van der Waals surface area contributed by atoms with E-state index in [0.29, 0.717) is 32.2 Å². The first-order valence-corrected chi connectivity index (χ1v) is 10.4. The number of rotatable bonds is 1. The summed E-state index contributed by atoms with van der Waals surface area (Å²) in [5, 5.41) is 2.93. The number of hydrogen-bond acceptors (Lipinski definition) is 5. The van der Waals surface area contributed by atoms with Gasteiger partial charge in [-0.2, -0.15) is 0 Å². The van der Waals surface area contributed by atoms with Crippen molar-refractivity contribution in [2.24, 2.45) is 11.8 Å². The van der Waals surface area contributed by atoms with Gasteiger partial charge in [0.2, 0.25) is 5.91 Å². The lowest BCUT2D eigenvalue weighted by Gasteiger charge is -2.47. The van der Waals surface area contributed by atoms with Crippen LogP contribution in [0.25, 0.3) is 0 Å². The highest BCUT2D eigenvalue weighted by atomic mass is 16.6. The summed E-state index contributed by atoms with van der Waals surface area (Å²) in [5.74, 6) is 0.804. The largest absolute Gasteiger partial charge is 0.493 e. The van der Waals surface area contributed by atoms with Crippen molar-refractivity contribution in [2.75, 3.05) is 6.54 Å². The molecular weight excluding hydrogens is 360 g/mol. The van der Waals surface area contributed by atoms with Gasteiger partial charge in [0.15, 0.2) is 5.78 Å². The minimum absolute atomic E-state index is 0.00428. The lowest BCUT2D eigenvalue weighted by atomic mass is 9.72. The Bertz CT molecular complexity index is 738. The maximum Gasteiger partial charge on any atom is 0.407 e. The van der Waals surface area contributed by atoms with Gasteiger partial charge in [-0.1, -0.05) is 6.92 Å². The van der Waals surface area contributed by atoms with Crippen LogP contribution in [0.2, 0.25) is 0 Å². The van der Waals surface area contributed by atoms with Gasteiger partial charge >= 0.3 is 6.09 Å². The topological polar surface area (TPSA) is 84.9 Å². The average Bonchev–Trinajstić information content (AvgIpc) is 2.93. The highest BCUT2D eigenvalue weighted by molar-refractivity contribution is 6.00. The summed E-state index contributed by atoms with van der Waals surface area (Å²) in [5.41, 5.74) is 0.219. The number of carbonyl (C=O) groups is 3. The van der Waals surface area contributed by atoms with Crippen molar-refractivity contribution in [3.8, 4) is 0 Å². The Balaban J connectivity index is 1.51. The van der Waals surface area contributed by atoms with E-state index < -0.39 is 11.7 Å². The van der Waals surface area contributed by atoms with E-state index in [4.69, 9.17) is 9.47 Å². The molecule has 0 unspecified atom stereocenters. The molecule has 3 heterocycles. The highest BCUT2D eigenvalue weighted by Gasteiger charge is 2.52. The average molecular weight is 390 g/mol. The monoisotopic (exact) mass is 390 g/mol. The van der Waals surface area contributed by atoms with Crippen molar-refractivity contribution in [1.29, 1.82) is 0 Å². The SMILES string of the molecule is C[C@H]1C[C@H](NC(=O)OC(C)(C)C)CC2=C1C(=O)[C@@H]1[C@@H](CCN3C(=O)CC[C@@H]13)O2. The molecule has 0 aromatic rings. The van der Waals surface area contributed by atoms with Crippen molar-refractivity contribution >= 4 is 17.8 Å². The Morgan fingerprint density at radius 3 is 2.71 bits per heavy atom. The summed E-state index contributed by atoms with van der Waals surface area (Å²) in [6, 6.07) is -0.126. The number of piperidine rings is 1. The van der Waals surface area contributed by atoms with Crippen molar-refractivity contribution < 1.29 is 23.9 Å². The third kappa shape index (κ3) is 3.40. The Morgan fingerprint density at radius 1 is 1.25 bits per heavy atom. The molecule has 0 spiro atoms. The van der Waals surface area contributed by atoms with Crippen LogP contribution in [0.5, 0.6) is 0 Å². The van der Waals surface area contributed by atoms with Gasteiger partial charge in [0.05, 0.1) is 5.92 Å². The molecule has 0 saturated carbocycles. The Hall–Kier alpha value is -2.05. The summed E-state index contributed by atoms with van der Waals surface area (Å²) in [6.45, 7) is 8.18. The fourth-order valence-electron chi connectivity index (χ4n) is 5.26. The summed E-state index contributed by atoms with van der Waals surface area (Å²) in [6.07, 6.45) is 2.56. The van der Waals surface area contributed by atoms with Crippen LogP contribution < -0.4 is 5.32 Å². The van der Waals surface area contributed by atoms with Gasteiger partial charge in [0.1, 0.15) is 17.5 Å². The fraction of sp³-hybridized carbons (Fsp3) is 0.762. The molecule has 0 aromatic carbocycles. The second-order valence-corrected chi connectivity index (χ2v) is 9.55. The fourth-order valence-corrected chi connectivity index (χ4v) is 5.26. The van der Waals surface area contributed by atoms with Gasteiger partial charge in [-0.3, -0.25) is 9.59 Å². The van der Waals surface area contributed by atoms with E-state index in [1.807, 2.05) is 32.6 Å². The minimum Gasteiger partial charge on any atom is -0.493 e. The number of carbonyl (C=O) groups excluding carboxylic acids is 3. The van der Waals surface area contributed by atoms with Gasteiger partial charge in [0.25, 0.3) is 0 Å². The first-order valence-electron chi connectivity index (χ1n) is 10.4. The normalized spacial score (nSPS) is 35.0. The lowest BCUT2D eigenvalue weighted by molar-refractivity contribution is -0.142. The van der Waals surface area contributed by atoms with Crippen LogP contribution in [0, 0.1) is 11.8 Å². The van der Waals surface area contributed by atoms with Crippen LogP contribution in [-0.2, 0) is 19.1 Å². The maximum atomic E-state index is 13.4. The molecule has 2 amide bonds. The highest BCUT2D eigenvalue weighted by Crippen LogP contribution is 2.44. The number of allylic oxidation sites excluding steroid dienone is 1. The standard InChI is InChI=1S/C21H30N2O5/c1-11-9-12(22-20(26)28-21(2,3)4)10-15-17(11)19(25)18-13-5-6-16(24)23(13)8-7-14(18)27-15/h11-14,18H,5-10H2,1-4H3,(H,22,26)/t11-,12-,13-,14+,18-/m0/s1. The molecule has 2 fully saturated rings. The van der Waals surface area contributed by atoms with Crippen LogP contribution in [0.15, 0.2) is 11.3 Å². The molecule has 0 aromatic heterocycles. The second kappa shape index (κ2) is 6.78. The third-order valence-corrected chi connectivity index (χ3v) is 6.29. The third-order valence-electron chi connectivity index (χ3n) is 6.29. The molecule has 4 aliphatic rings. The van der Waals surface area contributed by atoms with Crippen molar-refractivity contribution in [2.45, 2.75) is 83.6 Å². The van der Waals surface area contributed by atoms with E-state index in [1.54, 1.807) is 0 Å². The number of fused-ring (bicyclic) bond motifs is 3. The van der Waals surface area contributed by atoms with Crippen LogP contribution >= 0.6 is 0 Å². The zero-order chi connectivity index (χ0) is 20.2. The van der Waals surface area contributed by atoms with E-state index in [-0.39, 0.29) is 41.7 Å². The van der Waals surface area contributed by atoms with Gasteiger partial charge in [-0.05, 0) is 39.5 Å². The van der Waals surface area contributed by atoms with Gasteiger partial charge in [-0.15, -0.1) is 0 Å². The molecule has 5 atom stereocenters. The lowest BCUT2D eigenvalue weighted by Crippen LogP contribution is -2.56. The first kappa shape index (κ1) is 19.3. The zero-order valence-electron chi connectivity index (χ0n) is 17.1. The molecule has 7 nitrogen and oxygen atoms in total. The van der Waals surface area contributed by atoms with Crippen LogP contribution in [-0.4, -0.2) is 53.0 Å². The van der Waals surface area contributed by atoms with E-state index >= 15 is 0 Å². The van der Waals surface area contributed by atoms with Gasteiger partial charge < -0.3 is 19.7 Å². The minimum atomic E-state index is -0.550. The van der Waals surface area contributed by atoms with Gasteiger partial charge in [-0.25, -0.2) is 4.79 Å².